The molecule has 0 aliphatic rings. The minimum atomic E-state index is -0.412. The Morgan fingerprint density at radius 3 is 2.55 bits per heavy atom. The summed E-state index contributed by atoms with van der Waals surface area (Å²) in [6.07, 6.45) is 1.79. The summed E-state index contributed by atoms with van der Waals surface area (Å²) in [5, 5.41) is 4.57. The topological polar surface area (TPSA) is 60.3 Å². The number of ether oxygens (including phenoxy) is 1. The van der Waals surface area contributed by atoms with E-state index in [0.717, 1.165) is 26.9 Å². The van der Waals surface area contributed by atoms with Gasteiger partial charge in [-0.3, -0.25) is 4.79 Å². The van der Waals surface area contributed by atoms with Gasteiger partial charge in [0, 0.05) is 22.3 Å². The molecule has 164 valence electrons. The summed E-state index contributed by atoms with van der Waals surface area (Å²) in [4.78, 5) is 26.9. The number of hydrogen-bond acceptors (Lipinski definition) is 4. The Hall–Kier alpha value is -2.86. The Morgan fingerprint density at radius 1 is 1.23 bits per heavy atom. The van der Waals surface area contributed by atoms with E-state index in [1.807, 2.05) is 25.3 Å². The van der Waals surface area contributed by atoms with E-state index >= 15 is 0 Å². The molecule has 1 N–H and O–H groups in total. The number of fused-ring (bicyclic) bond motifs is 1. The highest BCUT2D eigenvalue weighted by Crippen LogP contribution is 2.35. The number of thiophene rings is 1. The van der Waals surface area contributed by atoms with Crippen molar-refractivity contribution in [2.45, 2.75) is 54.0 Å². The molecule has 0 aliphatic heterocycles. The van der Waals surface area contributed by atoms with Crippen LogP contribution >= 0.6 is 11.3 Å². The number of hydrogen-bond donors (Lipinski definition) is 1. The number of nitrogens with zero attached hydrogens (tertiary/aromatic N) is 1. The van der Waals surface area contributed by atoms with E-state index in [1.54, 1.807) is 13.0 Å². The SMILES string of the molecule is C=CCn1c(C(=O)Nc2sc(C)c(C)c2C(=O)OCC)c(C)c2cc(C(C)C)ccc21. The maximum atomic E-state index is 13.5. The van der Waals surface area contributed by atoms with Crippen LogP contribution in [0.25, 0.3) is 10.9 Å². The maximum absolute atomic E-state index is 13.5. The van der Waals surface area contributed by atoms with E-state index in [9.17, 15) is 9.59 Å². The third-order valence-electron chi connectivity index (χ3n) is 5.63. The number of aryl methyl sites for hydroxylation is 2. The van der Waals surface area contributed by atoms with Crippen LogP contribution in [-0.2, 0) is 11.3 Å². The van der Waals surface area contributed by atoms with Crippen LogP contribution in [0.15, 0.2) is 30.9 Å². The first-order valence-electron chi connectivity index (χ1n) is 10.5. The van der Waals surface area contributed by atoms with Gasteiger partial charge in [0.2, 0.25) is 0 Å². The number of anilines is 1. The highest BCUT2D eigenvalue weighted by molar-refractivity contribution is 7.16. The van der Waals surface area contributed by atoms with E-state index in [2.05, 4.69) is 43.9 Å². The smallest absolute Gasteiger partial charge is 0.341 e. The molecule has 0 bridgehead atoms. The van der Waals surface area contributed by atoms with Crippen LogP contribution in [-0.4, -0.2) is 23.1 Å². The number of esters is 1. The summed E-state index contributed by atoms with van der Waals surface area (Å²) in [7, 11) is 0. The first-order valence-corrected chi connectivity index (χ1v) is 11.3. The van der Waals surface area contributed by atoms with Crippen molar-refractivity contribution in [2.75, 3.05) is 11.9 Å². The number of nitrogens with one attached hydrogen (secondary N) is 1. The van der Waals surface area contributed by atoms with Gasteiger partial charge in [-0.2, -0.15) is 0 Å². The van der Waals surface area contributed by atoms with E-state index in [0.29, 0.717) is 28.7 Å². The third-order valence-corrected chi connectivity index (χ3v) is 6.75. The standard InChI is InChI=1S/C25H30N2O3S/c1-8-12-27-20-11-10-18(14(3)4)13-19(20)16(6)22(27)23(28)26-24-21(25(29)30-9-2)15(5)17(7)31-24/h8,10-11,13-14H,1,9,12H2,2-7H3,(H,26,28). The van der Waals surface area contributed by atoms with Gasteiger partial charge in [-0.25, -0.2) is 4.79 Å². The van der Waals surface area contributed by atoms with Crippen molar-refractivity contribution < 1.29 is 14.3 Å². The molecular formula is C25H30N2O3S. The van der Waals surface area contributed by atoms with Crippen molar-refractivity contribution >= 4 is 39.1 Å². The number of benzene rings is 1. The zero-order valence-corrected chi connectivity index (χ0v) is 19.9. The molecule has 0 fully saturated rings. The maximum Gasteiger partial charge on any atom is 0.341 e. The van der Waals surface area contributed by atoms with Crippen LogP contribution in [0.5, 0.6) is 0 Å². The molecule has 31 heavy (non-hydrogen) atoms. The highest BCUT2D eigenvalue weighted by atomic mass is 32.1. The van der Waals surface area contributed by atoms with Crippen molar-refractivity contribution in [1.29, 1.82) is 0 Å². The van der Waals surface area contributed by atoms with Crippen molar-refractivity contribution in [3.63, 3.8) is 0 Å². The Balaban J connectivity index is 2.10. The zero-order valence-electron chi connectivity index (χ0n) is 19.1. The first-order chi connectivity index (χ1) is 14.7. The number of allylic oxidation sites excluding steroid dienone is 1. The van der Waals surface area contributed by atoms with Gasteiger partial charge >= 0.3 is 5.97 Å². The van der Waals surface area contributed by atoms with Crippen LogP contribution in [0, 0.1) is 20.8 Å². The lowest BCUT2D eigenvalue weighted by Gasteiger charge is -2.11. The Labute approximate surface area is 187 Å². The number of aromatic nitrogens is 1. The van der Waals surface area contributed by atoms with Crippen molar-refractivity contribution in [3.05, 3.63) is 63.7 Å². The second-order valence-corrected chi connectivity index (χ2v) is 9.19. The highest BCUT2D eigenvalue weighted by Gasteiger charge is 2.25. The van der Waals surface area contributed by atoms with E-state index in [1.165, 1.54) is 16.9 Å². The molecule has 3 rings (SSSR count). The minimum Gasteiger partial charge on any atom is -0.462 e. The van der Waals surface area contributed by atoms with E-state index < -0.39 is 5.97 Å². The average molecular weight is 439 g/mol. The lowest BCUT2D eigenvalue weighted by Crippen LogP contribution is -2.19. The fourth-order valence-electron chi connectivity index (χ4n) is 3.84. The van der Waals surface area contributed by atoms with E-state index in [-0.39, 0.29) is 12.5 Å². The Bertz CT molecular complexity index is 1170. The summed E-state index contributed by atoms with van der Waals surface area (Å²) in [5.41, 5.74) is 4.99. The molecule has 1 aromatic carbocycles. The predicted octanol–water partition coefficient (Wildman–Crippen LogP) is 6.37. The predicted molar refractivity (Wildman–Crippen MR) is 129 cm³/mol. The molecule has 2 aromatic heterocycles. The number of rotatable bonds is 7. The lowest BCUT2D eigenvalue weighted by molar-refractivity contribution is 0.0527. The van der Waals surface area contributed by atoms with Gasteiger partial charge in [-0.05, 0) is 62.4 Å². The minimum absolute atomic E-state index is 0.242. The van der Waals surface area contributed by atoms with Crippen LogP contribution < -0.4 is 5.32 Å². The third kappa shape index (κ3) is 4.17. The van der Waals surface area contributed by atoms with Gasteiger partial charge in [0.05, 0.1) is 12.2 Å². The summed E-state index contributed by atoms with van der Waals surface area (Å²) >= 11 is 1.39. The molecule has 0 saturated carbocycles. The fourth-order valence-corrected chi connectivity index (χ4v) is 4.88. The number of amides is 1. The lowest BCUT2D eigenvalue weighted by atomic mass is 10.0. The zero-order chi connectivity index (χ0) is 22.9. The van der Waals surface area contributed by atoms with Crippen LogP contribution in [0.1, 0.15) is 69.1 Å². The largest absolute Gasteiger partial charge is 0.462 e. The molecule has 0 spiro atoms. The molecule has 0 saturated heterocycles. The number of carbonyl (C=O) groups is 2. The molecule has 0 radical (unpaired) electrons. The van der Waals surface area contributed by atoms with Gasteiger partial charge in [0.15, 0.2) is 0 Å². The monoisotopic (exact) mass is 438 g/mol. The van der Waals surface area contributed by atoms with Crippen LogP contribution in [0.3, 0.4) is 0 Å². The Kier molecular flexibility index (Phi) is 6.70. The normalized spacial score (nSPS) is 11.2. The number of carbonyl (C=O) groups excluding carboxylic acids is 2. The molecule has 1 amide bonds. The van der Waals surface area contributed by atoms with Gasteiger partial charge < -0.3 is 14.6 Å². The van der Waals surface area contributed by atoms with Crippen LogP contribution in [0.4, 0.5) is 5.00 Å². The van der Waals surface area contributed by atoms with Gasteiger partial charge in [0.1, 0.15) is 10.7 Å². The second-order valence-electron chi connectivity index (χ2n) is 7.97. The first kappa shape index (κ1) is 22.8. The molecule has 0 atom stereocenters. The van der Waals surface area contributed by atoms with Crippen molar-refractivity contribution in [3.8, 4) is 0 Å². The molecule has 0 unspecified atom stereocenters. The molecule has 6 heteroatoms. The quantitative estimate of drug-likeness (QED) is 0.344. The average Bonchev–Trinajstić information content (AvgIpc) is 3.15. The molecule has 0 aliphatic carbocycles. The molecule has 3 aromatic rings. The Morgan fingerprint density at radius 2 is 1.94 bits per heavy atom. The van der Waals surface area contributed by atoms with Crippen molar-refractivity contribution in [1.82, 2.24) is 4.57 Å². The second kappa shape index (κ2) is 9.10. The molecule has 5 nitrogen and oxygen atoms in total. The van der Waals surface area contributed by atoms with Gasteiger partial charge in [-0.15, -0.1) is 17.9 Å². The molecule has 2 heterocycles. The molecular weight excluding hydrogens is 408 g/mol. The van der Waals surface area contributed by atoms with Crippen LogP contribution in [0.2, 0.25) is 0 Å². The summed E-state index contributed by atoms with van der Waals surface area (Å²) in [6.45, 7) is 16.5. The fraction of sp³-hybridized carbons (Fsp3) is 0.360. The van der Waals surface area contributed by atoms with Crippen molar-refractivity contribution in [2.24, 2.45) is 0 Å². The summed E-state index contributed by atoms with van der Waals surface area (Å²) in [5.74, 6) is -0.258. The summed E-state index contributed by atoms with van der Waals surface area (Å²) in [6, 6.07) is 6.34. The summed E-state index contributed by atoms with van der Waals surface area (Å²) < 4.78 is 7.20. The van der Waals surface area contributed by atoms with Gasteiger partial charge in [0.25, 0.3) is 5.91 Å². The van der Waals surface area contributed by atoms with Gasteiger partial charge in [-0.1, -0.05) is 26.0 Å². The van der Waals surface area contributed by atoms with E-state index in [4.69, 9.17) is 4.74 Å².